The summed E-state index contributed by atoms with van der Waals surface area (Å²) in [7, 11) is 0. The smallest absolute Gasteiger partial charge is 0.358 e. The molecule has 1 aromatic carbocycles. The van der Waals surface area contributed by atoms with Crippen LogP contribution in [0, 0.1) is 11.6 Å². The number of rotatable bonds is 6. The Hall–Kier alpha value is -2.58. The highest BCUT2D eigenvalue weighted by Gasteiger charge is 2.18. The lowest BCUT2D eigenvalue weighted by Crippen LogP contribution is -2.07. The Kier molecular flexibility index (Phi) is 5.20. The number of aromatic hydroxyl groups is 1. The van der Waals surface area contributed by atoms with Gasteiger partial charge in [0, 0.05) is 17.3 Å². The van der Waals surface area contributed by atoms with Gasteiger partial charge in [0.05, 0.1) is 19.8 Å². The average Bonchev–Trinajstić information content (AvgIpc) is 2.50. The summed E-state index contributed by atoms with van der Waals surface area (Å²) in [6, 6.07) is 3.32. The van der Waals surface area contributed by atoms with E-state index in [1.807, 2.05) is 0 Å². The van der Waals surface area contributed by atoms with Crippen LogP contribution in [0.3, 0.4) is 0 Å². The molecule has 2 aromatic rings. The quantitative estimate of drug-likeness (QED) is 0.751. The van der Waals surface area contributed by atoms with E-state index < -0.39 is 35.7 Å². The number of hydrogen-bond donors (Lipinski definition) is 3. The summed E-state index contributed by atoms with van der Waals surface area (Å²) in [6.07, 6.45) is 1.17. The maximum absolute atomic E-state index is 13.1. The van der Waals surface area contributed by atoms with Crippen LogP contribution in [-0.4, -0.2) is 26.3 Å². The summed E-state index contributed by atoms with van der Waals surface area (Å²) >= 11 is 0. The molecule has 0 aliphatic carbocycles. The fraction of sp³-hybridized carbons (Fsp3) is 0.200. The molecule has 0 saturated carbocycles. The van der Waals surface area contributed by atoms with E-state index in [0.29, 0.717) is 5.56 Å². The predicted octanol–water partition coefficient (Wildman–Crippen LogP) is 1.97. The monoisotopic (exact) mass is 325 g/mol. The van der Waals surface area contributed by atoms with E-state index in [9.17, 15) is 23.8 Å². The first-order valence-electron chi connectivity index (χ1n) is 6.49. The molecule has 2 rings (SSSR count). The van der Waals surface area contributed by atoms with Gasteiger partial charge in [-0.3, -0.25) is 0 Å². The fourth-order valence-corrected chi connectivity index (χ4v) is 1.94. The van der Waals surface area contributed by atoms with Crippen LogP contribution in [0.2, 0.25) is 0 Å². The van der Waals surface area contributed by atoms with Crippen molar-refractivity contribution in [3.63, 3.8) is 0 Å². The average molecular weight is 325 g/mol. The zero-order chi connectivity index (χ0) is 17.0. The summed E-state index contributed by atoms with van der Waals surface area (Å²) in [6.45, 7) is -0.739. The van der Waals surface area contributed by atoms with Crippen molar-refractivity contribution in [2.75, 3.05) is 0 Å². The topological polar surface area (TPSA) is 99.9 Å². The van der Waals surface area contributed by atoms with Crippen molar-refractivity contribution in [1.82, 2.24) is 4.98 Å². The van der Waals surface area contributed by atoms with Crippen molar-refractivity contribution < 1.29 is 33.6 Å². The molecule has 6 nitrogen and oxygen atoms in total. The number of carbonyl (C=O) groups is 1. The van der Waals surface area contributed by atoms with E-state index in [2.05, 4.69) is 4.98 Å². The van der Waals surface area contributed by atoms with Gasteiger partial charge >= 0.3 is 5.97 Å². The number of aromatic nitrogens is 1. The highest BCUT2D eigenvalue weighted by molar-refractivity contribution is 5.89. The van der Waals surface area contributed by atoms with Crippen LogP contribution in [0.4, 0.5) is 8.78 Å². The number of carboxylic acids is 1. The zero-order valence-electron chi connectivity index (χ0n) is 11.8. The number of aliphatic hydroxyl groups excluding tert-OH is 1. The number of nitrogens with zero attached hydrogens (tertiary/aromatic N) is 1. The maximum Gasteiger partial charge on any atom is 0.358 e. The van der Waals surface area contributed by atoms with Crippen LogP contribution in [0.5, 0.6) is 5.75 Å². The molecule has 1 heterocycles. The van der Waals surface area contributed by atoms with Gasteiger partial charge in [-0.15, -0.1) is 0 Å². The first-order valence-corrected chi connectivity index (χ1v) is 6.49. The molecule has 0 radical (unpaired) electrons. The summed E-state index contributed by atoms with van der Waals surface area (Å²) in [5.41, 5.74) is 0.104. The number of aromatic carboxylic acids is 1. The molecule has 122 valence electrons. The Labute approximate surface area is 129 Å². The molecule has 0 aliphatic heterocycles. The lowest BCUT2D eigenvalue weighted by atomic mass is 10.1. The molecule has 0 atom stereocenters. The van der Waals surface area contributed by atoms with Gasteiger partial charge in [-0.25, -0.2) is 18.6 Å². The number of hydrogen-bond acceptors (Lipinski definition) is 5. The number of halogens is 2. The normalized spacial score (nSPS) is 10.7. The number of benzene rings is 1. The van der Waals surface area contributed by atoms with Crippen molar-refractivity contribution in [3.05, 3.63) is 58.4 Å². The highest BCUT2D eigenvalue weighted by Crippen LogP contribution is 2.25. The number of carboxylic acid groups (broad SMARTS) is 1. The second-order valence-corrected chi connectivity index (χ2v) is 4.66. The van der Waals surface area contributed by atoms with E-state index in [0.717, 1.165) is 12.1 Å². The molecule has 0 aliphatic rings. The Bertz CT molecular complexity index is 736. The third-order valence-corrected chi connectivity index (χ3v) is 3.12. The van der Waals surface area contributed by atoms with Crippen molar-refractivity contribution in [1.29, 1.82) is 0 Å². The van der Waals surface area contributed by atoms with Crippen molar-refractivity contribution in [3.8, 4) is 5.75 Å². The number of aliphatic hydroxyl groups is 1. The van der Waals surface area contributed by atoms with Gasteiger partial charge in [0.15, 0.2) is 23.1 Å². The van der Waals surface area contributed by atoms with E-state index in [1.165, 1.54) is 12.3 Å². The van der Waals surface area contributed by atoms with Crippen LogP contribution in [0.1, 0.15) is 27.2 Å². The lowest BCUT2D eigenvalue weighted by molar-refractivity contribution is 0.0685. The Balaban J connectivity index is 2.09. The lowest BCUT2D eigenvalue weighted by Gasteiger charge is -2.11. The molecule has 0 saturated heterocycles. The molecule has 0 spiro atoms. The highest BCUT2D eigenvalue weighted by atomic mass is 19.2. The summed E-state index contributed by atoms with van der Waals surface area (Å²) in [5, 5.41) is 27.9. The Morgan fingerprint density at radius 3 is 2.57 bits per heavy atom. The van der Waals surface area contributed by atoms with Gasteiger partial charge in [-0.2, -0.15) is 0 Å². The largest absolute Gasteiger partial charge is 0.505 e. The van der Waals surface area contributed by atoms with Crippen LogP contribution >= 0.6 is 0 Å². The van der Waals surface area contributed by atoms with Crippen LogP contribution < -0.4 is 0 Å². The van der Waals surface area contributed by atoms with E-state index in [-0.39, 0.29) is 24.3 Å². The van der Waals surface area contributed by atoms with Gasteiger partial charge < -0.3 is 20.1 Å². The summed E-state index contributed by atoms with van der Waals surface area (Å²) in [4.78, 5) is 14.4. The third kappa shape index (κ3) is 3.79. The second-order valence-electron chi connectivity index (χ2n) is 4.66. The molecule has 8 heteroatoms. The van der Waals surface area contributed by atoms with Crippen LogP contribution in [0.25, 0.3) is 0 Å². The van der Waals surface area contributed by atoms with E-state index >= 15 is 0 Å². The fourth-order valence-electron chi connectivity index (χ4n) is 1.94. The second kappa shape index (κ2) is 7.12. The van der Waals surface area contributed by atoms with E-state index in [4.69, 9.17) is 9.84 Å². The van der Waals surface area contributed by atoms with Gasteiger partial charge in [-0.05, 0) is 17.7 Å². The first-order chi connectivity index (χ1) is 10.9. The number of ether oxygens (including phenoxy) is 1. The van der Waals surface area contributed by atoms with Gasteiger partial charge in [0.25, 0.3) is 0 Å². The van der Waals surface area contributed by atoms with Gasteiger partial charge in [-0.1, -0.05) is 6.07 Å². The van der Waals surface area contributed by atoms with Crippen LogP contribution in [-0.2, 0) is 24.6 Å². The Morgan fingerprint density at radius 2 is 1.96 bits per heavy atom. The van der Waals surface area contributed by atoms with Crippen molar-refractivity contribution in [2.24, 2.45) is 0 Å². The SMILES string of the molecule is O=C(O)c1ncc(COCc2ccc(F)c(F)c2)c(CO)c1O. The Morgan fingerprint density at radius 1 is 1.22 bits per heavy atom. The van der Waals surface area contributed by atoms with Gasteiger partial charge in [0.2, 0.25) is 0 Å². The molecular formula is C15H13F2NO5. The molecular weight excluding hydrogens is 312 g/mol. The summed E-state index contributed by atoms with van der Waals surface area (Å²) in [5.74, 6) is -4.01. The maximum atomic E-state index is 13.1. The molecule has 0 amide bonds. The minimum Gasteiger partial charge on any atom is -0.505 e. The molecule has 23 heavy (non-hydrogen) atoms. The van der Waals surface area contributed by atoms with Crippen molar-refractivity contribution in [2.45, 2.75) is 19.8 Å². The molecule has 0 unspecified atom stereocenters. The van der Waals surface area contributed by atoms with Gasteiger partial charge in [0.1, 0.15) is 0 Å². The molecule has 1 aromatic heterocycles. The number of pyridine rings is 1. The standard InChI is InChI=1S/C15H13F2NO5/c16-11-2-1-8(3-12(11)17)6-23-7-9-4-18-13(15(21)22)14(20)10(9)5-19/h1-4,19-20H,5-7H2,(H,21,22). The van der Waals surface area contributed by atoms with E-state index in [1.54, 1.807) is 0 Å². The molecule has 3 N–H and O–H groups in total. The summed E-state index contributed by atoms with van der Waals surface area (Å²) < 4.78 is 31.2. The first kappa shape index (κ1) is 16.8. The third-order valence-electron chi connectivity index (χ3n) is 3.12. The van der Waals surface area contributed by atoms with Crippen molar-refractivity contribution >= 4 is 5.97 Å². The minimum atomic E-state index is -1.42. The molecule has 0 fully saturated rings. The predicted molar refractivity (Wildman–Crippen MR) is 73.6 cm³/mol. The zero-order valence-corrected chi connectivity index (χ0v) is 11.8. The molecule has 0 bridgehead atoms. The minimum absolute atomic E-state index is 0.0114. The van der Waals surface area contributed by atoms with Crippen LogP contribution in [0.15, 0.2) is 24.4 Å².